The molecular weight excluding hydrogens is 172 g/mol. The van der Waals surface area contributed by atoms with Gasteiger partial charge in [-0.05, 0) is 25.7 Å². The molecule has 14 heavy (non-hydrogen) atoms. The Balaban J connectivity index is 1.99. The molecule has 1 aromatic heterocycles. The topological polar surface area (TPSA) is 8.81 Å². The van der Waals surface area contributed by atoms with E-state index < -0.39 is 0 Å². The van der Waals surface area contributed by atoms with E-state index in [1.807, 2.05) is 0 Å². The van der Waals surface area contributed by atoms with Gasteiger partial charge in [0.15, 0.2) is 0 Å². The first kappa shape index (κ1) is 9.75. The molecule has 1 aromatic rings. The Bertz CT molecular complexity index is 289. The smallest absolute Gasteiger partial charge is 0.234 e. The lowest BCUT2D eigenvalue weighted by atomic mass is 10.1. The summed E-state index contributed by atoms with van der Waals surface area (Å²) in [6, 6.07) is 0. The van der Waals surface area contributed by atoms with Crippen molar-refractivity contribution < 1.29 is 4.57 Å². The molecule has 78 valence electrons. The van der Waals surface area contributed by atoms with Crippen LogP contribution in [0.3, 0.4) is 0 Å². The van der Waals surface area contributed by atoms with E-state index in [0.717, 1.165) is 0 Å². The molecule has 0 aromatic carbocycles. The largest absolute Gasteiger partial charge is 0.256 e. The highest BCUT2D eigenvalue weighted by atomic mass is 15.1. The minimum Gasteiger partial charge on any atom is -0.234 e. The van der Waals surface area contributed by atoms with Crippen LogP contribution in [-0.2, 0) is 19.5 Å². The summed E-state index contributed by atoms with van der Waals surface area (Å²) >= 11 is 0. The lowest BCUT2D eigenvalue weighted by Crippen LogP contribution is -2.40. The molecule has 2 heteroatoms. The van der Waals surface area contributed by atoms with E-state index in [1.54, 1.807) is 5.82 Å². The van der Waals surface area contributed by atoms with Gasteiger partial charge < -0.3 is 0 Å². The fraction of sp³-hybridized carbons (Fsp3) is 0.750. The van der Waals surface area contributed by atoms with Crippen LogP contribution < -0.4 is 4.57 Å². The summed E-state index contributed by atoms with van der Waals surface area (Å²) in [6.45, 7) is 4.71. The number of nitrogens with zero attached hydrogens (tertiary/aromatic N) is 2. The zero-order valence-corrected chi connectivity index (χ0v) is 9.21. The van der Waals surface area contributed by atoms with Crippen LogP contribution in [0.25, 0.3) is 0 Å². The number of aryl methyl sites for hydroxylation is 2. The van der Waals surface area contributed by atoms with Crippen LogP contribution in [0.15, 0.2) is 12.4 Å². The third kappa shape index (κ3) is 1.99. The third-order valence-electron chi connectivity index (χ3n) is 3.14. The first-order valence-corrected chi connectivity index (χ1v) is 5.99. The van der Waals surface area contributed by atoms with Crippen molar-refractivity contribution in [2.75, 3.05) is 0 Å². The van der Waals surface area contributed by atoms with Crippen molar-refractivity contribution in [3.05, 3.63) is 18.2 Å². The number of hydrogen-bond donors (Lipinski definition) is 0. The van der Waals surface area contributed by atoms with Gasteiger partial charge in [0.1, 0.15) is 12.4 Å². The van der Waals surface area contributed by atoms with Gasteiger partial charge in [-0.1, -0.05) is 13.3 Å². The predicted molar refractivity (Wildman–Crippen MR) is 57.1 cm³/mol. The summed E-state index contributed by atoms with van der Waals surface area (Å²) in [5, 5.41) is 0. The van der Waals surface area contributed by atoms with Crippen molar-refractivity contribution in [1.82, 2.24) is 4.57 Å². The zero-order valence-electron chi connectivity index (χ0n) is 9.21. The van der Waals surface area contributed by atoms with Crippen molar-refractivity contribution >= 4 is 0 Å². The van der Waals surface area contributed by atoms with Crippen LogP contribution in [0.5, 0.6) is 0 Å². The van der Waals surface area contributed by atoms with E-state index in [1.165, 1.54) is 51.6 Å². The van der Waals surface area contributed by atoms with Crippen molar-refractivity contribution in [2.45, 2.75) is 58.5 Å². The normalized spacial score (nSPS) is 15.5. The molecule has 2 heterocycles. The van der Waals surface area contributed by atoms with Gasteiger partial charge in [-0.3, -0.25) is 0 Å². The molecule has 0 atom stereocenters. The highest BCUT2D eigenvalue weighted by molar-refractivity contribution is 4.85. The first-order chi connectivity index (χ1) is 6.92. The third-order valence-corrected chi connectivity index (χ3v) is 3.14. The fourth-order valence-electron chi connectivity index (χ4n) is 2.29. The summed E-state index contributed by atoms with van der Waals surface area (Å²) in [7, 11) is 0. The Morgan fingerprint density at radius 1 is 1.36 bits per heavy atom. The number of unbranched alkanes of at least 4 members (excludes halogenated alkanes) is 2. The monoisotopic (exact) mass is 193 g/mol. The molecule has 0 saturated heterocycles. The second-order valence-electron chi connectivity index (χ2n) is 4.27. The molecular formula is C12H21N2+. The van der Waals surface area contributed by atoms with Crippen LogP contribution in [-0.4, -0.2) is 4.57 Å². The molecule has 0 amide bonds. The van der Waals surface area contributed by atoms with Gasteiger partial charge in [0.25, 0.3) is 5.82 Å². The SMILES string of the molecule is CCCCCn1cc[n+]2c1CCCC2. The van der Waals surface area contributed by atoms with Crippen molar-refractivity contribution in [2.24, 2.45) is 0 Å². The van der Waals surface area contributed by atoms with E-state index in [-0.39, 0.29) is 0 Å². The molecule has 0 N–H and O–H groups in total. The van der Waals surface area contributed by atoms with Gasteiger partial charge in [-0.25, -0.2) is 9.13 Å². The summed E-state index contributed by atoms with van der Waals surface area (Å²) in [4.78, 5) is 0. The molecule has 0 saturated carbocycles. The summed E-state index contributed by atoms with van der Waals surface area (Å²) in [5.41, 5.74) is 0. The van der Waals surface area contributed by atoms with Crippen LogP contribution >= 0.6 is 0 Å². The van der Waals surface area contributed by atoms with Gasteiger partial charge in [-0.2, -0.15) is 0 Å². The van der Waals surface area contributed by atoms with Gasteiger partial charge in [0, 0.05) is 6.42 Å². The van der Waals surface area contributed by atoms with Crippen LogP contribution in [0.2, 0.25) is 0 Å². The van der Waals surface area contributed by atoms with E-state index >= 15 is 0 Å². The molecule has 1 aliphatic heterocycles. The second kappa shape index (κ2) is 4.63. The standard InChI is InChI=1S/C12H21N2/c1-2-3-5-8-13-10-11-14-9-6-4-7-12(13)14/h10-11H,2-9H2,1H3/q+1. The Labute approximate surface area is 86.6 Å². The zero-order chi connectivity index (χ0) is 9.80. The van der Waals surface area contributed by atoms with Crippen molar-refractivity contribution in [3.8, 4) is 0 Å². The number of rotatable bonds is 4. The Morgan fingerprint density at radius 3 is 3.14 bits per heavy atom. The minimum absolute atomic E-state index is 1.22. The molecule has 0 radical (unpaired) electrons. The molecule has 0 bridgehead atoms. The van der Waals surface area contributed by atoms with E-state index in [2.05, 4.69) is 28.5 Å². The lowest BCUT2D eigenvalue weighted by Gasteiger charge is -2.09. The van der Waals surface area contributed by atoms with E-state index in [4.69, 9.17) is 0 Å². The van der Waals surface area contributed by atoms with Crippen LogP contribution in [0.4, 0.5) is 0 Å². The molecule has 0 spiro atoms. The number of hydrogen-bond acceptors (Lipinski definition) is 0. The second-order valence-corrected chi connectivity index (χ2v) is 4.27. The Hall–Kier alpha value is -0.790. The first-order valence-electron chi connectivity index (χ1n) is 5.99. The lowest BCUT2D eigenvalue weighted by molar-refractivity contribution is -0.709. The number of imidazole rings is 1. The van der Waals surface area contributed by atoms with Crippen molar-refractivity contribution in [3.63, 3.8) is 0 Å². The molecule has 2 nitrogen and oxygen atoms in total. The Kier molecular flexibility index (Phi) is 3.22. The highest BCUT2D eigenvalue weighted by Crippen LogP contribution is 2.09. The molecule has 2 rings (SSSR count). The maximum absolute atomic E-state index is 2.45. The fourth-order valence-corrected chi connectivity index (χ4v) is 2.29. The van der Waals surface area contributed by atoms with Gasteiger partial charge in [0.05, 0.1) is 13.1 Å². The minimum atomic E-state index is 1.22. The summed E-state index contributed by atoms with van der Waals surface area (Å²) in [6.07, 6.45) is 12.5. The quantitative estimate of drug-likeness (QED) is 0.512. The maximum Gasteiger partial charge on any atom is 0.256 e. The Morgan fingerprint density at radius 2 is 2.29 bits per heavy atom. The highest BCUT2D eigenvalue weighted by Gasteiger charge is 2.19. The molecule has 1 aliphatic rings. The van der Waals surface area contributed by atoms with Crippen molar-refractivity contribution in [1.29, 1.82) is 0 Å². The molecule has 0 aliphatic carbocycles. The average Bonchev–Trinajstić information content (AvgIpc) is 2.63. The van der Waals surface area contributed by atoms with E-state index in [0.29, 0.717) is 0 Å². The van der Waals surface area contributed by atoms with Gasteiger partial charge in [0.2, 0.25) is 0 Å². The maximum atomic E-state index is 2.45. The van der Waals surface area contributed by atoms with Gasteiger partial charge in [-0.15, -0.1) is 0 Å². The van der Waals surface area contributed by atoms with Crippen LogP contribution in [0.1, 0.15) is 44.9 Å². The number of aromatic nitrogens is 2. The summed E-state index contributed by atoms with van der Waals surface area (Å²) in [5.74, 6) is 1.55. The molecule has 0 fully saturated rings. The van der Waals surface area contributed by atoms with Crippen LogP contribution in [0, 0.1) is 0 Å². The number of fused-ring (bicyclic) bond motifs is 1. The van der Waals surface area contributed by atoms with E-state index in [9.17, 15) is 0 Å². The predicted octanol–water partition coefficient (Wildman–Crippen LogP) is 2.30. The average molecular weight is 193 g/mol. The molecule has 0 unspecified atom stereocenters. The van der Waals surface area contributed by atoms with Gasteiger partial charge >= 0.3 is 0 Å². The summed E-state index contributed by atoms with van der Waals surface area (Å²) < 4.78 is 4.88.